The Morgan fingerprint density at radius 1 is 0.416 bits per heavy atom. The van der Waals surface area contributed by atoms with E-state index < -0.39 is 109 Å². The fourth-order valence-electron chi connectivity index (χ4n) is 12.1. The summed E-state index contributed by atoms with van der Waals surface area (Å²) in [6, 6.07) is -4.79. The van der Waals surface area contributed by atoms with Crippen molar-refractivity contribution in [3.8, 4) is 0 Å². The minimum atomic E-state index is -1.49. The molecule has 0 aromatic rings. The van der Waals surface area contributed by atoms with E-state index in [2.05, 4.69) is 58.0 Å². The highest BCUT2D eigenvalue weighted by molar-refractivity contribution is 8.00. The SMILES string of the molecule is CCCCCCCCCCCCCCCC(=O)N[C@@H](CSCC(COC(=O)CCCCCCCCCCCCCCC)OC(=O)CCCCCCCCCCCCCCC)C(=O)N[C@@H](CO)C(=O)NCCNC(=O)CCCNC(=O)[C@H](CS[C@H]1O[C@H](CO)[C@H](O)[C@H](O)[C@H]1NC(C)=O)NC(C)=O. The molecule has 1 unspecified atom stereocenters. The molecule has 1 saturated heterocycles. The second kappa shape index (κ2) is 65.3. The van der Waals surface area contributed by atoms with Gasteiger partial charge in [-0.25, -0.2) is 0 Å². The van der Waals surface area contributed by atoms with Gasteiger partial charge in [0, 0.05) is 76.4 Å². The van der Waals surface area contributed by atoms with E-state index in [1.807, 2.05) is 0 Å². The summed E-state index contributed by atoms with van der Waals surface area (Å²) in [4.78, 5) is 118. The number of hydrogen-bond acceptors (Lipinski definition) is 18. The summed E-state index contributed by atoms with van der Waals surface area (Å²) in [5, 5.41) is 59.6. The van der Waals surface area contributed by atoms with Crippen molar-refractivity contribution < 1.29 is 77.8 Å². The van der Waals surface area contributed by atoms with Crippen LogP contribution >= 0.6 is 23.5 Å². The summed E-state index contributed by atoms with van der Waals surface area (Å²) in [7, 11) is 0. The van der Waals surface area contributed by atoms with Crippen molar-refractivity contribution in [2.24, 2.45) is 0 Å². The van der Waals surface area contributed by atoms with Crippen LogP contribution in [0.15, 0.2) is 0 Å². The monoisotopic (exact) mass is 1470 g/mol. The quantitative estimate of drug-likeness (QED) is 0.0199. The number of amides is 7. The molecule has 0 aromatic heterocycles. The van der Waals surface area contributed by atoms with E-state index in [4.69, 9.17) is 14.2 Å². The van der Waals surface area contributed by atoms with Crippen LogP contribution < -0.4 is 37.2 Å². The van der Waals surface area contributed by atoms with Crippen LogP contribution in [0, 0.1) is 0 Å². The largest absolute Gasteiger partial charge is 0.462 e. The molecule has 1 heterocycles. The average molecular weight is 1470 g/mol. The predicted octanol–water partition coefficient (Wildman–Crippen LogP) is 10.9. The molecule has 0 aromatic carbocycles. The van der Waals surface area contributed by atoms with Gasteiger partial charge in [0.15, 0.2) is 0 Å². The number of carbonyl (C=O) groups excluding carboxylic acids is 9. The highest BCUT2D eigenvalue weighted by Gasteiger charge is 2.45. The van der Waals surface area contributed by atoms with Gasteiger partial charge >= 0.3 is 11.9 Å². The third-order valence-corrected chi connectivity index (χ3v) is 20.7. The molecule has 588 valence electrons. The fourth-order valence-corrected chi connectivity index (χ4v) is 14.5. The minimum Gasteiger partial charge on any atom is -0.462 e. The maximum atomic E-state index is 14.1. The van der Waals surface area contributed by atoms with Crippen molar-refractivity contribution in [3.63, 3.8) is 0 Å². The number of nitrogens with one attached hydrogen (secondary N) is 7. The topological polar surface area (TPSA) is 346 Å². The molecule has 0 radical (unpaired) electrons. The Labute approximate surface area is 616 Å². The number of carbonyl (C=O) groups is 9. The third kappa shape index (κ3) is 52.4. The Morgan fingerprint density at radius 3 is 1.29 bits per heavy atom. The van der Waals surface area contributed by atoms with E-state index in [0.29, 0.717) is 19.3 Å². The van der Waals surface area contributed by atoms with Crippen molar-refractivity contribution in [2.45, 2.75) is 371 Å². The minimum absolute atomic E-state index is 0.00242. The molecule has 1 fully saturated rings. The molecule has 1 aliphatic rings. The van der Waals surface area contributed by atoms with Gasteiger partial charge in [0.2, 0.25) is 41.4 Å². The Balaban J connectivity index is 2.96. The van der Waals surface area contributed by atoms with E-state index in [-0.39, 0.29) is 87.5 Å². The Kier molecular flexibility index (Phi) is 61.2. The molecule has 0 saturated carbocycles. The zero-order valence-corrected chi connectivity index (χ0v) is 64.8. The zero-order chi connectivity index (χ0) is 74.4. The molecular weight excluding hydrogens is 1330 g/mol. The second-order valence-corrected chi connectivity index (χ2v) is 29.9. The lowest BCUT2D eigenvalue weighted by Crippen LogP contribution is -2.63. The maximum Gasteiger partial charge on any atom is 0.306 e. The molecule has 23 nitrogen and oxygen atoms in total. The summed E-state index contributed by atoms with van der Waals surface area (Å²) >= 11 is 2.21. The number of esters is 2. The molecule has 0 bridgehead atoms. The smallest absolute Gasteiger partial charge is 0.306 e. The van der Waals surface area contributed by atoms with Gasteiger partial charge in [-0.2, -0.15) is 11.8 Å². The first-order chi connectivity index (χ1) is 48.9. The van der Waals surface area contributed by atoms with E-state index >= 15 is 0 Å². The summed E-state index contributed by atoms with van der Waals surface area (Å²) in [6.07, 6.45) is 41.3. The normalized spacial score (nSPS) is 17.0. The van der Waals surface area contributed by atoms with Gasteiger partial charge in [0.1, 0.15) is 54.6 Å². The van der Waals surface area contributed by atoms with E-state index in [1.54, 1.807) is 0 Å². The first kappa shape index (κ1) is 94.7. The average Bonchev–Trinajstić information content (AvgIpc) is 0.818. The summed E-state index contributed by atoms with van der Waals surface area (Å²) in [5.41, 5.74) is -1.01. The number of rotatable bonds is 68. The molecule has 9 atom stereocenters. The Morgan fingerprint density at radius 2 is 0.832 bits per heavy atom. The number of aliphatic hydroxyl groups excluding tert-OH is 4. The lowest BCUT2D eigenvalue weighted by molar-refractivity contribution is -0.173. The van der Waals surface area contributed by atoms with Gasteiger partial charge in [0.05, 0.1) is 19.3 Å². The third-order valence-electron chi connectivity index (χ3n) is 18.3. The van der Waals surface area contributed by atoms with Crippen molar-refractivity contribution in [1.29, 1.82) is 0 Å². The van der Waals surface area contributed by atoms with Crippen LogP contribution in [0.3, 0.4) is 0 Å². The maximum absolute atomic E-state index is 14.1. The van der Waals surface area contributed by atoms with E-state index in [9.17, 15) is 63.6 Å². The van der Waals surface area contributed by atoms with E-state index in [1.165, 1.54) is 193 Å². The number of unbranched alkanes of at least 4 members (excludes halogenated alkanes) is 36. The second-order valence-electron chi connectivity index (χ2n) is 27.7. The summed E-state index contributed by atoms with van der Waals surface area (Å²) < 4.78 is 17.4. The molecule has 1 aliphatic heterocycles. The van der Waals surface area contributed by atoms with Gasteiger partial charge in [0.25, 0.3) is 0 Å². The molecule has 0 aliphatic carbocycles. The van der Waals surface area contributed by atoms with Gasteiger partial charge in [-0.05, 0) is 25.7 Å². The van der Waals surface area contributed by atoms with Gasteiger partial charge in [-0.15, -0.1) is 11.8 Å². The zero-order valence-electron chi connectivity index (χ0n) is 63.2. The van der Waals surface area contributed by atoms with Crippen LogP contribution in [0.5, 0.6) is 0 Å². The highest BCUT2D eigenvalue weighted by atomic mass is 32.2. The molecule has 7 amide bonds. The van der Waals surface area contributed by atoms with Gasteiger partial charge in [-0.1, -0.05) is 252 Å². The standard InChI is InChI=1S/C76H141N7O16S2/c1-6-9-12-15-18-21-24-27-30-33-36-39-42-46-67(89)82-63(57-100-56-61(98-69(91)49-44-41-38-35-32-29-26-23-20-17-14-11-8-3)55-97-68(90)48-43-40-37-34-31-28-25-22-19-16-13-10-7-2)75(96)83-62(53-84)73(94)79-52-51-77-66(88)47-45-50-78-74(95)64(80-59(4)86)58-101-76-70(81-60(5)87)72(93)71(92)65(54-85)99-76/h61-65,70-72,76,84-85,92-93H,6-58H2,1-5H3,(H,77,88)(H,78,95)(H,79,94)(H,80,86)(H,81,87)(H,82,89)(H,83,96)/t61?,62-,63-,64-,65+,70+,71-,72+,76+/m0/s1. The number of thioether (sulfide) groups is 2. The molecule has 25 heteroatoms. The number of aliphatic hydroxyl groups is 4. The summed E-state index contributed by atoms with van der Waals surface area (Å²) in [6.45, 7) is 7.51. The molecule has 1 rings (SSSR count). The lowest BCUT2D eigenvalue weighted by Gasteiger charge is -2.42. The van der Waals surface area contributed by atoms with Crippen LogP contribution in [0.2, 0.25) is 0 Å². The number of ether oxygens (including phenoxy) is 3. The fraction of sp³-hybridized carbons (Fsp3) is 0.882. The summed E-state index contributed by atoms with van der Waals surface area (Å²) in [5.74, 6) is -4.55. The molecule has 0 spiro atoms. The number of hydrogen-bond donors (Lipinski definition) is 11. The van der Waals surface area contributed by atoms with Crippen LogP contribution in [0.4, 0.5) is 0 Å². The Hall–Kier alpha value is -4.27. The van der Waals surface area contributed by atoms with Gasteiger partial charge < -0.3 is 71.9 Å². The first-order valence-corrected chi connectivity index (χ1v) is 41.8. The molecule has 11 N–H and O–H groups in total. The van der Waals surface area contributed by atoms with Crippen LogP contribution in [0.1, 0.15) is 317 Å². The lowest BCUT2D eigenvalue weighted by atomic mass is 9.98. The van der Waals surface area contributed by atoms with Crippen molar-refractivity contribution in [3.05, 3.63) is 0 Å². The highest BCUT2D eigenvalue weighted by Crippen LogP contribution is 2.29. The molecule has 101 heavy (non-hydrogen) atoms. The Bertz CT molecular complexity index is 2180. The van der Waals surface area contributed by atoms with Crippen LogP contribution in [0.25, 0.3) is 0 Å². The van der Waals surface area contributed by atoms with Crippen molar-refractivity contribution in [1.82, 2.24) is 37.2 Å². The van der Waals surface area contributed by atoms with E-state index in [0.717, 1.165) is 76.0 Å². The van der Waals surface area contributed by atoms with Crippen LogP contribution in [-0.2, 0) is 57.4 Å². The van der Waals surface area contributed by atoms with Crippen molar-refractivity contribution in [2.75, 3.05) is 56.7 Å². The van der Waals surface area contributed by atoms with Crippen molar-refractivity contribution >= 4 is 76.8 Å². The predicted molar refractivity (Wildman–Crippen MR) is 404 cm³/mol. The molecular formula is C76H141N7O16S2. The first-order valence-electron chi connectivity index (χ1n) is 39.6. The van der Waals surface area contributed by atoms with Gasteiger partial charge in [-0.3, -0.25) is 43.2 Å². The van der Waals surface area contributed by atoms with Crippen LogP contribution in [-0.4, -0.2) is 184 Å².